The molecular weight excluding hydrogens is 318 g/mol. The molecule has 2 aromatic heterocycles. The van der Waals surface area contributed by atoms with Gasteiger partial charge in [-0.2, -0.15) is 0 Å². The van der Waals surface area contributed by atoms with Crippen LogP contribution in [-0.4, -0.2) is 33.6 Å². The Labute approximate surface area is 136 Å². The molecule has 1 aromatic carbocycles. The third kappa shape index (κ3) is 2.74. The molecule has 0 saturated carbocycles. The molecule has 0 radical (unpaired) electrons. The van der Waals surface area contributed by atoms with Gasteiger partial charge in [-0.3, -0.25) is 4.79 Å². The number of nitrogens with zero attached hydrogens (tertiary/aromatic N) is 3. The van der Waals surface area contributed by atoms with Gasteiger partial charge >= 0.3 is 5.97 Å². The molecule has 0 saturated heterocycles. The quantitative estimate of drug-likeness (QED) is 0.529. The first kappa shape index (κ1) is 15.1. The van der Waals surface area contributed by atoms with E-state index in [9.17, 15) is 4.79 Å². The van der Waals surface area contributed by atoms with Crippen molar-refractivity contribution in [3.8, 4) is 11.4 Å². The van der Waals surface area contributed by atoms with Gasteiger partial charge in [0.1, 0.15) is 0 Å². The minimum Gasteiger partial charge on any atom is -0.468 e. The fraction of sp³-hybridized carbons (Fsp3) is 0.267. The van der Waals surface area contributed by atoms with E-state index in [2.05, 4.69) is 32.4 Å². The standard InChI is InChI=1S/C15H15N3O2S2/c1-3-18-14(16-17-15(18)22-9-13(19)20-2)11-8-21-12-7-5-4-6-10(11)12/h4-8H,3,9H2,1-2H3. The van der Waals surface area contributed by atoms with E-state index < -0.39 is 0 Å². The van der Waals surface area contributed by atoms with E-state index in [1.807, 2.05) is 23.6 Å². The van der Waals surface area contributed by atoms with E-state index in [1.165, 1.54) is 29.0 Å². The van der Waals surface area contributed by atoms with E-state index >= 15 is 0 Å². The van der Waals surface area contributed by atoms with Crippen LogP contribution in [0.4, 0.5) is 0 Å². The summed E-state index contributed by atoms with van der Waals surface area (Å²) in [5.41, 5.74) is 1.08. The fourth-order valence-electron chi connectivity index (χ4n) is 2.21. The monoisotopic (exact) mass is 333 g/mol. The summed E-state index contributed by atoms with van der Waals surface area (Å²) >= 11 is 3.04. The summed E-state index contributed by atoms with van der Waals surface area (Å²) in [6, 6.07) is 8.25. The number of rotatable bonds is 5. The fourth-order valence-corrected chi connectivity index (χ4v) is 3.99. The number of aromatic nitrogens is 3. The van der Waals surface area contributed by atoms with E-state index in [1.54, 1.807) is 11.3 Å². The van der Waals surface area contributed by atoms with E-state index in [0.717, 1.165) is 23.1 Å². The number of benzene rings is 1. The summed E-state index contributed by atoms with van der Waals surface area (Å²) in [6.45, 7) is 2.79. The zero-order valence-electron chi connectivity index (χ0n) is 12.3. The Morgan fingerprint density at radius 2 is 2.18 bits per heavy atom. The predicted octanol–water partition coefficient (Wildman–Crippen LogP) is 3.44. The molecule has 0 amide bonds. The predicted molar refractivity (Wildman–Crippen MR) is 89.3 cm³/mol. The molecular formula is C15H15N3O2S2. The summed E-state index contributed by atoms with van der Waals surface area (Å²) in [5.74, 6) is 0.810. The first-order chi connectivity index (χ1) is 10.7. The summed E-state index contributed by atoms with van der Waals surface area (Å²) in [5, 5.41) is 12.6. The third-order valence-electron chi connectivity index (χ3n) is 3.30. The highest BCUT2D eigenvalue weighted by Gasteiger charge is 2.17. The highest BCUT2D eigenvalue weighted by Crippen LogP contribution is 2.34. The molecule has 0 unspecified atom stereocenters. The smallest absolute Gasteiger partial charge is 0.316 e. The number of esters is 1. The summed E-state index contributed by atoms with van der Waals surface area (Å²) in [7, 11) is 1.39. The SMILES string of the molecule is CCn1c(SCC(=O)OC)nnc1-c1csc2ccccc12. The van der Waals surface area contributed by atoms with Gasteiger partial charge in [-0.25, -0.2) is 0 Å². The maximum absolute atomic E-state index is 11.3. The van der Waals surface area contributed by atoms with Crippen molar-refractivity contribution in [1.82, 2.24) is 14.8 Å². The Hall–Kier alpha value is -1.86. The molecule has 7 heteroatoms. The molecule has 0 aliphatic carbocycles. The van der Waals surface area contributed by atoms with Crippen molar-refractivity contribution in [2.75, 3.05) is 12.9 Å². The molecule has 3 rings (SSSR count). The van der Waals surface area contributed by atoms with Gasteiger partial charge in [0.15, 0.2) is 11.0 Å². The maximum atomic E-state index is 11.3. The number of hydrogen-bond donors (Lipinski definition) is 0. The van der Waals surface area contributed by atoms with Gasteiger partial charge in [0.05, 0.1) is 12.9 Å². The molecule has 2 heterocycles. The highest BCUT2D eigenvalue weighted by molar-refractivity contribution is 7.99. The van der Waals surface area contributed by atoms with Crippen LogP contribution in [-0.2, 0) is 16.1 Å². The summed E-state index contributed by atoms with van der Waals surface area (Å²) in [4.78, 5) is 11.3. The molecule has 0 fully saturated rings. The maximum Gasteiger partial charge on any atom is 0.316 e. The lowest BCUT2D eigenvalue weighted by atomic mass is 10.1. The molecule has 3 aromatic rings. The van der Waals surface area contributed by atoms with Crippen molar-refractivity contribution in [2.45, 2.75) is 18.6 Å². The first-order valence-corrected chi connectivity index (χ1v) is 8.70. The molecule has 0 atom stereocenters. The molecule has 0 spiro atoms. The lowest BCUT2D eigenvalue weighted by Gasteiger charge is -2.06. The van der Waals surface area contributed by atoms with Crippen molar-refractivity contribution in [3.05, 3.63) is 29.6 Å². The summed E-state index contributed by atoms with van der Waals surface area (Å²) < 4.78 is 7.93. The average molecular weight is 333 g/mol. The third-order valence-corrected chi connectivity index (χ3v) is 5.21. The molecule has 22 heavy (non-hydrogen) atoms. The van der Waals surface area contributed by atoms with Gasteiger partial charge in [0, 0.05) is 27.6 Å². The van der Waals surface area contributed by atoms with Crippen molar-refractivity contribution >= 4 is 39.2 Å². The molecule has 0 N–H and O–H groups in total. The molecule has 5 nitrogen and oxygen atoms in total. The lowest BCUT2D eigenvalue weighted by molar-refractivity contribution is -0.137. The first-order valence-electron chi connectivity index (χ1n) is 6.84. The molecule has 0 bridgehead atoms. The Morgan fingerprint density at radius 1 is 1.36 bits per heavy atom. The lowest BCUT2D eigenvalue weighted by Crippen LogP contribution is -2.05. The second-order valence-electron chi connectivity index (χ2n) is 4.56. The van der Waals surface area contributed by atoms with Gasteiger partial charge in [-0.15, -0.1) is 21.5 Å². The van der Waals surface area contributed by atoms with E-state index in [-0.39, 0.29) is 11.7 Å². The van der Waals surface area contributed by atoms with Crippen molar-refractivity contribution in [3.63, 3.8) is 0 Å². The van der Waals surface area contributed by atoms with Crippen molar-refractivity contribution in [1.29, 1.82) is 0 Å². The van der Waals surface area contributed by atoms with Crippen LogP contribution in [0.5, 0.6) is 0 Å². The van der Waals surface area contributed by atoms with Crippen LogP contribution in [0, 0.1) is 0 Å². The molecule has 0 aliphatic rings. The van der Waals surface area contributed by atoms with Crippen LogP contribution in [0.3, 0.4) is 0 Å². The highest BCUT2D eigenvalue weighted by atomic mass is 32.2. The topological polar surface area (TPSA) is 57.0 Å². The number of carbonyl (C=O) groups excluding carboxylic acids is 1. The van der Waals surface area contributed by atoms with Crippen LogP contribution in [0.25, 0.3) is 21.5 Å². The number of thiophene rings is 1. The van der Waals surface area contributed by atoms with E-state index in [4.69, 9.17) is 0 Å². The second kappa shape index (κ2) is 6.50. The van der Waals surface area contributed by atoms with Gasteiger partial charge in [0.2, 0.25) is 0 Å². The van der Waals surface area contributed by atoms with E-state index in [0.29, 0.717) is 0 Å². The van der Waals surface area contributed by atoms with Gasteiger partial charge in [-0.05, 0) is 13.0 Å². The van der Waals surface area contributed by atoms with Gasteiger partial charge in [0.25, 0.3) is 0 Å². The largest absolute Gasteiger partial charge is 0.468 e. The van der Waals surface area contributed by atoms with Crippen molar-refractivity contribution < 1.29 is 9.53 Å². The number of hydrogen-bond acceptors (Lipinski definition) is 6. The Balaban J connectivity index is 1.97. The number of methoxy groups -OCH3 is 1. The normalized spacial score (nSPS) is 11.0. The minimum absolute atomic E-state index is 0.235. The van der Waals surface area contributed by atoms with Gasteiger partial charge in [-0.1, -0.05) is 30.0 Å². The van der Waals surface area contributed by atoms with Crippen LogP contribution in [0.2, 0.25) is 0 Å². The zero-order chi connectivity index (χ0) is 15.5. The van der Waals surface area contributed by atoms with Crippen LogP contribution in [0.15, 0.2) is 34.8 Å². The second-order valence-corrected chi connectivity index (χ2v) is 6.41. The average Bonchev–Trinajstić information content (AvgIpc) is 3.15. The number of carbonyl (C=O) groups is 1. The molecule has 114 valence electrons. The van der Waals surface area contributed by atoms with Gasteiger partial charge < -0.3 is 9.30 Å². The molecule has 0 aliphatic heterocycles. The van der Waals surface area contributed by atoms with Crippen LogP contribution >= 0.6 is 23.1 Å². The van der Waals surface area contributed by atoms with Crippen LogP contribution in [0.1, 0.15) is 6.92 Å². The Bertz CT molecular complexity index is 810. The number of fused-ring (bicyclic) bond motifs is 1. The summed E-state index contributed by atoms with van der Waals surface area (Å²) in [6.07, 6.45) is 0. The van der Waals surface area contributed by atoms with Crippen LogP contribution < -0.4 is 0 Å². The Kier molecular flexibility index (Phi) is 4.44. The number of ether oxygens (including phenoxy) is 1. The minimum atomic E-state index is -0.266. The zero-order valence-corrected chi connectivity index (χ0v) is 13.9. The number of thioether (sulfide) groups is 1. The van der Waals surface area contributed by atoms with Crippen molar-refractivity contribution in [2.24, 2.45) is 0 Å². The Morgan fingerprint density at radius 3 is 2.95 bits per heavy atom.